The molecule has 0 saturated heterocycles. The fourth-order valence-electron chi connectivity index (χ4n) is 2.99. The average molecular weight is 330 g/mol. The van der Waals surface area contributed by atoms with E-state index >= 15 is 0 Å². The zero-order valence-electron chi connectivity index (χ0n) is 12.8. The Labute approximate surface area is 138 Å². The van der Waals surface area contributed by atoms with Gasteiger partial charge in [0.15, 0.2) is 5.69 Å². The van der Waals surface area contributed by atoms with Gasteiger partial charge in [-0.05, 0) is 36.5 Å². The van der Waals surface area contributed by atoms with Crippen LogP contribution in [-0.4, -0.2) is 15.4 Å². The normalized spacial score (nSPS) is 17.2. The van der Waals surface area contributed by atoms with Crippen LogP contribution in [0.5, 0.6) is 0 Å². The molecule has 0 bridgehead atoms. The van der Waals surface area contributed by atoms with Gasteiger partial charge < -0.3 is 8.94 Å². The Balaban J connectivity index is 1.60. The van der Waals surface area contributed by atoms with E-state index in [1.54, 1.807) is 0 Å². The highest BCUT2D eigenvalue weighted by atomic mass is 35.5. The van der Waals surface area contributed by atoms with E-state index in [2.05, 4.69) is 22.3 Å². The summed E-state index contributed by atoms with van der Waals surface area (Å²) in [4.78, 5) is 0. The molecule has 0 N–H and O–H groups in total. The predicted molar refractivity (Wildman–Crippen MR) is 85.2 cm³/mol. The summed E-state index contributed by atoms with van der Waals surface area (Å²) in [7, 11) is 0. The third-order valence-electron chi connectivity index (χ3n) is 4.20. The number of aryl methyl sites for hydroxylation is 1. The Hall–Kier alpha value is -2.14. The largest absolute Gasteiger partial charge is 0.419 e. The third kappa shape index (κ3) is 2.88. The van der Waals surface area contributed by atoms with Crippen LogP contribution in [0, 0.1) is 5.92 Å². The van der Waals surface area contributed by atoms with Gasteiger partial charge in [-0.3, -0.25) is 0 Å². The van der Waals surface area contributed by atoms with Crippen molar-refractivity contribution in [2.24, 2.45) is 5.92 Å². The smallest absolute Gasteiger partial charge is 0.270 e. The number of hydrogen-bond donors (Lipinski definition) is 0. The van der Waals surface area contributed by atoms with Gasteiger partial charge in [0.25, 0.3) is 5.89 Å². The molecule has 0 spiro atoms. The molecule has 1 aromatic carbocycles. The maximum Gasteiger partial charge on any atom is 0.270 e. The van der Waals surface area contributed by atoms with E-state index < -0.39 is 0 Å². The standard InChI is InChI=1S/C17H16ClN3O2/c1-10-5-6-14-13(7-10)16(21-23-14)17-20-19-15(22-17)9-11-3-2-4-12(18)8-11/h2-4,8,10H,5-7,9H2,1H3. The molecule has 1 aliphatic rings. The summed E-state index contributed by atoms with van der Waals surface area (Å²) in [6, 6.07) is 7.62. The fraction of sp³-hybridized carbons (Fsp3) is 0.353. The van der Waals surface area contributed by atoms with Gasteiger partial charge in [0, 0.05) is 17.0 Å². The van der Waals surface area contributed by atoms with Crippen molar-refractivity contribution < 1.29 is 8.94 Å². The van der Waals surface area contributed by atoms with Crippen molar-refractivity contribution in [3.8, 4) is 11.6 Å². The van der Waals surface area contributed by atoms with Crippen LogP contribution >= 0.6 is 11.6 Å². The van der Waals surface area contributed by atoms with Gasteiger partial charge in [0.2, 0.25) is 5.89 Å². The van der Waals surface area contributed by atoms with Crippen molar-refractivity contribution in [1.82, 2.24) is 15.4 Å². The van der Waals surface area contributed by atoms with Crippen LogP contribution in [0.4, 0.5) is 0 Å². The maximum atomic E-state index is 6.00. The summed E-state index contributed by atoms with van der Waals surface area (Å²) in [5.74, 6) is 2.55. The molecule has 1 aliphatic carbocycles. The van der Waals surface area contributed by atoms with Gasteiger partial charge in [-0.15, -0.1) is 10.2 Å². The molecule has 6 heteroatoms. The van der Waals surface area contributed by atoms with Crippen LogP contribution in [0.15, 0.2) is 33.2 Å². The highest BCUT2D eigenvalue weighted by molar-refractivity contribution is 6.30. The summed E-state index contributed by atoms with van der Waals surface area (Å²) in [5, 5.41) is 13.1. The van der Waals surface area contributed by atoms with E-state index in [0.717, 1.165) is 36.1 Å². The number of fused-ring (bicyclic) bond motifs is 1. The molecule has 2 aromatic heterocycles. The maximum absolute atomic E-state index is 6.00. The van der Waals surface area contributed by atoms with Gasteiger partial charge in [-0.1, -0.05) is 35.8 Å². The van der Waals surface area contributed by atoms with Crippen molar-refractivity contribution in [2.75, 3.05) is 0 Å². The molecule has 0 radical (unpaired) electrons. The molecule has 3 aromatic rings. The molecule has 1 unspecified atom stereocenters. The first-order valence-electron chi connectivity index (χ1n) is 7.73. The minimum atomic E-state index is 0.432. The van der Waals surface area contributed by atoms with Crippen LogP contribution in [0.1, 0.15) is 36.1 Å². The van der Waals surface area contributed by atoms with E-state index in [9.17, 15) is 0 Å². The molecule has 0 amide bonds. The summed E-state index contributed by atoms with van der Waals surface area (Å²) < 4.78 is 11.2. The lowest BCUT2D eigenvalue weighted by Crippen LogP contribution is -2.09. The molecule has 2 heterocycles. The highest BCUT2D eigenvalue weighted by Crippen LogP contribution is 2.32. The van der Waals surface area contributed by atoms with Gasteiger partial charge >= 0.3 is 0 Å². The average Bonchev–Trinajstić information content (AvgIpc) is 3.13. The minimum Gasteiger partial charge on any atom is -0.419 e. The van der Waals surface area contributed by atoms with Crippen molar-refractivity contribution >= 4 is 11.6 Å². The number of halogens is 1. The second-order valence-corrected chi connectivity index (χ2v) is 6.52. The Morgan fingerprint density at radius 1 is 1.30 bits per heavy atom. The van der Waals surface area contributed by atoms with E-state index in [1.165, 1.54) is 0 Å². The summed E-state index contributed by atoms with van der Waals surface area (Å²) in [6.07, 6.45) is 3.54. The Bertz CT molecular complexity index is 840. The molecule has 23 heavy (non-hydrogen) atoms. The van der Waals surface area contributed by atoms with E-state index in [-0.39, 0.29) is 0 Å². The molecule has 118 valence electrons. The van der Waals surface area contributed by atoms with Crippen LogP contribution in [0.25, 0.3) is 11.6 Å². The van der Waals surface area contributed by atoms with Crippen molar-refractivity contribution in [2.45, 2.75) is 32.6 Å². The molecule has 0 fully saturated rings. The first-order chi connectivity index (χ1) is 11.2. The third-order valence-corrected chi connectivity index (χ3v) is 4.44. The number of benzene rings is 1. The van der Waals surface area contributed by atoms with Gasteiger partial charge in [0.05, 0.1) is 6.42 Å². The zero-order valence-corrected chi connectivity index (χ0v) is 13.5. The first-order valence-corrected chi connectivity index (χ1v) is 8.11. The second kappa shape index (κ2) is 5.81. The quantitative estimate of drug-likeness (QED) is 0.724. The predicted octanol–water partition coefficient (Wildman–Crippen LogP) is 4.09. The molecule has 0 saturated carbocycles. The fourth-order valence-corrected chi connectivity index (χ4v) is 3.20. The number of hydrogen-bond acceptors (Lipinski definition) is 5. The summed E-state index contributed by atoms with van der Waals surface area (Å²) in [6.45, 7) is 2.23. The minimum absolute atomic E-state index is 0.432. The lowest BCUT2D eigenvalue weighted by atomic mass is 9.88. The van der Waals surface area contributed by atoms with Crippen molar-refractivity contribution in [3.05, 3.63) is 52.1 Å². The van der Waals surface area contributed by atoms with Crippen molar-refractivity contribution in [3.63, 3.8) is 0 Å². The summed E-state index contributed by atoms with van der Waals surface area (Å²) >= 11 is 6.00. The number of nitrogens with zero attached hydrogens (tertiary/aromatic N) is 3. The SMILES string of the molecule is CC1CCc2onc(-c3nnc(Cc4cccc(Cl)c4)o3)c2C1. The lowest BCUT2D eigenvalue weighted by molar-refractivity contribution is 0.356. The van der Waals surface area contributed by atoms with Gasteiger partial charge in [-0.2, -0.15) is 0 Å². The molecule has 5 nitrogen and oxygen atoms in total. The lowest BCUT2D eigenvalue weighted by Gasteiger charge is -2.15. The number of aromatic nitrogens is 3. The molecule has 4 rings (SSSR count). The second-order valence-electron chi connectivity index (χ2n) is 6.09. The van der Waals surface area contributed by atoms with E-state index in [1.807, 2.05) is 24.3 Å². The highest BCUT2D eigenvalue weighted by Gasteiger charge is 2.26. The Morgan fingerprint density at radius 2 is 2.22 bits per heavy atom. The van der Waals surface area contributed by atoms with E-state index in [0.29, 0.717) is 34.8 Å². The zero-order chi connectivity index (χ0) is 15.8. The van der Waals surface area contributed by atoms with E-state index in [4.69, 9.17) is 20.5 Å². The number of rotatable bonds is 3. The molecule has 0 aliphatic heterocycles. The van der Waals surface area contributed by atoms with Crippen LogP contribution < -0.4 is 0 Å². The molecular weight excluding hydrogens is 314 g/mol. The van der Waals surface area contributed by atoms with Gasteiger partial charge in [-0.25, -0.2) is 0 Å². The Morgan fingerprint density at radius 3 is 3.09 bits per heavy atom. The Kier molecular flexibility index (Phi) is 3.65. The summed E-state index contributed by atoms with van der Waals surface area (Å²) in [5.41, 5.74) is 2.83. The molecule has 1 atom stereocenters. The van der Waals surface area contributed by atoms with Crippen LogP contribution in [0.3, 0.4) is 0 Å². The first kappa shape index (κ1) is 14.5. The van der Waals surface area contributed by atoms with Crippen molar-refractivity contribution in [1.29, 1.82) is 0 Å². The molecular formula is C17H16ClN3O2. The van der Waals surface area contributed by atoms with Crippen LogP contribution in [0.2, 0.25) is 5.02 Å². The topological polar surface area (TPSA) is 65.0 Å². The van der Waals surface area contributed by atoms with Crippen LogP contribution in [-0.2, 0) is 19.3 Å². The monoisotopic (exact) mass is 329 g/mol. The van der Waals surface area contributed by atoms with Gasteiger partial charge in [0.1, 0.15) is 5.76 Å².